The molecule has 0 saturated heterocycles. The molecular weight excluding hydrogens is 490 g/mol. The maximum absolute atomic E-state index is 13.6. The van der Waals surface area contributed by atoms with Gasteiger partial charge in [-0.3, -0.25) is 14.2 Å². The number of ether oxygens (including phenoxy) is 1. The monoisotopic (exact) mass is 523 g/mol. The molecule has 3 rings (SSSR count). The Morgan fingerprint density at radius 2 is 1.44 bits per heavy atom. The lowest BCUT2D eigenvalue weighted by Gasteiger charge is -2.60. The Morgan fingerprint density at radius 3 is 1.92 bits per heavy atom. The van der Waals surface area contributed by atoms with E-state index in [-0.39, 0.29) is 11.7 Å². The van der Waals surface area contributed by atoms with Crippen molar-refractivity contribution in [2.24, 2.45) is 0 Å². The first-order chi connectivity index (χ1) is 16.8. The molecule has 1 heterocycles. The molecule has 1 aliphatic heterocycles. The van der Waals surface area contributed by atoms with Crippen LogP contribution in [-0.2, 0) is 4.79 Å². The summed E-state index contributed by atoms with van der Waals surface area (Å²) in [6.45, 7) is 13.1. The molecule has 11 heteroatoms. The van der Waals surface area contributed by atoms with Crippen molar-refractivity contribution >= 4 is 17.3 Å². The molecule has 0 bridgehead atoms. The van der Waals surface area contributed by atoms with Crippen LogP contribution in [0, 0.1) is 10.2 Å². The van der Waals surface area contributed by atoms with Crippen molar-refractivity contribution in [2.45, 2.75) is 40.4 Å². The predicted octanol–water partition coefficient (Wildman–Crippen LogP) is -0.0480. The number of methoxy groups -OCH3 is 1. The van der Waals surface area contributed by atoms with Crippen molar-refractivity contribution in [3.8, 4) is 11.5 Å². The summed E-state index contributed by atoms with van der Waals surface area (Å²) in [6.07, 6.45) is 1.68. The molecule has 0 spiro atoms. The summed E-state index contributed by atoms with van der Waals surface area (Å²) in [4.78, 5) is 17.7. The number of phenols is 1. The molecular formula is C25H34ClN3O7. The van der Waals surface area contributed by atoms with E-state index in [1.54, 1.807) is 25.3 Å². The molecule has 1 unspecified atom stereocenters. The molecule has 36 heavy (non-hydrogen) atoms. The molecule has 10 nitrogen and oxygen atoms in total. The van der Waals surface area contributed by atoms with E-state index in [1.807, 2.05) is 48.2 Å². The second-order valence-electron chi connectivity index (χ2n) is 8.43. The topological polar surface area (TPSA) is 145 Å². The van der Waals surface area contributed by atoms with E-state index in [2.05, 4.69) is 32.6 Å². The van der Waals surface area contributed by atoms with Gasteiger partial charge in [-0.2, -0.15) is 0 Å². The Hall–Kier alpha value is -2.86. The number of quaternary nitrogens is 1. The average molecular weight is 524 g/mol. The van der Waals surface area contributed by atoms with Crippen LogP contribution in [0.3, 0.4) is 0 Å². The van der Waals surface area contributed by atoms with Gasteiger partial charge in [0.15, 0.2) is 0 Å². The number of carbonyl (C=O) groups excluding carboxylic acids is 1. The highest BCUT2D eigenvalue weighted by Gasteiger charge is 2.58. The summed E-state index contributed by atoms with van der Waals surface area (Å²) in [5.41, 5.74) is 2.52. The number of carbonyl (C=O) groups is 1. The smallest absolute Gasteiger partial charge is 0.263 e. The van der Waals surface area contributed by atoms with Gasteiger partial charge in [0.2, 0.25) is 0 Å². The maximum atomic E-state index is 13.6. The molecule has 198 valence electrons. The van der Waals surface area contributed by atoms with Gasteiger partial charge >= 0.3 is 0 Å². The summed E-state index contributed by atoms with van der Waals surface area (Å²) in [7, 11) is -3.31. The third kappa shape index (κ3) is 5.75. The van der Waals surface area contributed by atoms with E-state index >= 15 is 0 Å². The largest absolute Gasteiger partial charge is 0.508 e. The molecule has 0 radical (unpaired) electrons. The number of nitrogens with zero attached hydrogens (tertiary/aromatic N) is 3. The van der Waals surface area contributed by atoms with Crippen LogP contribution in [0.2, 0.25) is 0 Å². The van der Waals surface area contributed by atoms with E-state index in [4.69, 9.17) is 23.4 Å². The number of phenolic OH excluding ortho intramolecular Hbond substituents is 1. The van der Waals surface area contributed by atoms with Crippen molar-refractivity contribution in [3.63, 3.8) is 0 Å². The minimum absolute atomic E-state index is 0.0719. The Labute approximate surface area is 214 Å². The lowest BCUT2D eigenvalue weighted by Crippen LogP contribution is -2.79. The van der Waals surface area contributed by atoms with Crippen molar-refractivity contribution in [3.05, 3.63) is 60.3 Å². The first kappa shape index (κ1) is 29.4. The van der Waals surface area contributed by atoms with E-state index < -0.39 is 16.0 Å². The molecule has 2 aromatic rings. The lowest BCUT2D eigenvalue weighted by molar-refractivity contribution is -2.00. The number of anilines is 2. The number of hydrogen-bond acceptors (Lipinski definition) is 8. The fourth-order valence-electron chi connectivity index (χ4n) is 5.16. The Bertz CT molecular complexity index is 1050. The average Bonchev–Trinajstić information content (AvgIpc) is 2.80. The van der Waals surface area contributed by atoms with Crippen LogP contribution in [0.25, 0.3) is 0 Å². The Kier molecular flexibility index (Phi) is 9.35. The Morgan fingerprint density at radius 1 is 0.944 bits per heavy atom. The Balaban J connectivity index is 0.000000830. The summed E-state index contributed by atoms with van der Waals surface area (Å²) in [5.74, 6) is 0.0308. The molecule has 1 amide bonds. The normalized spacial score (nSPS) is 18.4. The molecule has 0 aliphatic carbocycles. The molecule has 1 aliphatic rings. The third-order valence-corrected chi connectivity index (χ3v) is 6.90. The van der Waals surface area contributed by atoms with Crippen LogP contribution < -0.4 is 33.2 Å². The van der Waals surface area contributed by atoms with Crippen LogP contribution in [0.15, 0.2) is 60.3 Å². The SMILES string of the molecule is CC[N+](CC)(CC)C1(C)N(c2ccc(O)cc2)C(C)=CC(=O)N1c1ccccc1OC.[O-][Cl+3]([O-])([O-])[O-]. The summed E-state index contributed by atoms with van der Waals surface area (Å²) in [6, 6.07) is 14.8. The molecule has 1 atom stereocenters. The van der Waals surface area contributed by atoms with Crippen LogP contribution in [0.5, 0.6) is 11.5 Å². The third-order valence-electron chi connectivity index (χ3n) is 6.90. The van der Waals surface area contributed by atoms with Crippen molar-refractivity contribution < 1.29 is 48.0 Å². The van der Waals surface area contributed by atoms with Crippen LogP contribution in [-0.4, -0.2) is 48.0 Å². The summed E-state index contributed by atoms with van der Waals surface area (Å²) in [5, 5.41) is 9.87. The first-order valence-electron chi connectivity index (χ1n) is 11.5. The minimum atomic E-state index is -4.94. The highest BCUT2D eigenvalue weighted by molar-refractivity contribution is 6.06. The van der Waals surface area contributed by atoms with Crippen LogP contribution >= 0.6 is 0 Å². The summed E-state index contributed by atoms with van der Waals surface area (Å²) < 4.78 is 40.3. The van der Waals surface area contributed by atoms with E-state index in [1.165, 1.54) is 0 Å². The van der Waals surface area contributed by atoms with Crippen molar-refractivity contribution in [2.75, 3.05) is 36.5 Å². The minimum Gasteiger partial charge on any atom is -0.508 e. The highest BCUT2D eigenvalue weighted by atomic mass is 35.7. The molecule has 2 aromatic carbocycles. The fourth-order valence-corrected chi connectivity index (χ4v) is 5.16. The fraction of sp³-hybridized carbons (Fsp3) is 0.400. The first-order valence-corrected chi connectivity index (χ1v) is 12.8. The zero-order valence-electron chi connectivity index (χ0n) is 21.4. The van der Waals surface area contributed by atoms with Crippen molar-refractivity contribution in [1.29, 1.82) is 0 Å². The number of benzene rings is 2. The van der Waals surface area contributed by atoms with Gasteiger partial charge in [-0.1, -0.05) is 12.1 Å². The highest BCUT2D eigenvalue weighted by Crippen LogP contribution is 2.46. The number of aromatic hydroxyl groups is 1. The number of allylic oxidation sites excluding steroid dienone is 1. The van der Waals surface area contributed by atoms with Gasteiger partial charge in [0, 0.05) is 24.4 Å². The van der Waals surface area contributed by atoms with Gasteiger partial charge in [-0.05, 0) is 64.1 Å². The number of amides is 1. The van der Waals surface area contributed by atoms with Gasteiger partial charge in [0.25, 0.3) is 11.7 Å². The number of rotatable bonds is 7. The molecule has 0 saturated carbocycles. The maximum Gasteiger partial charge on any atom is 0.263 e. The lowest BCUT2D eigenvalue weighted by atomic mass is 10.0. The van der Waals surface area contributed by atoms with Crippen LogP contribution in [0.1, 0.15) is 34.6 Å². The number of halogens is 1. The van der Waals surface area contributed by atoms with Gasteiger partial charge in [-0.15, -0.1) is 10.2 Å². The van der Waals surface area contributed by atoms with E-state index in [0.717, 1.165) is 36.7 Å². The second-order valence-corrected chi connectivity index (χ2v) is 9.18. The quantitative estimate of drug-likeness (QED) is 0.497. The standard InChI is InChI=1S/C25H33N3O3.ClHO4/c1-7-28(8-2,9-3)25(5)26(20-14-16-21(29)17-15-20)19(4)18-24(30)27(25)22-12-10-11-13-23(22)31-6;2-1(3,4)5/h10-18H,7-9H2,1-6H3;(H,2,3,4,5). The van der Waals surface area contributed by atoms with Gasteiger partial charge in [-0.25, -0.2) is 23.5 Å². The van der Waals surface area contributed by atoms with Gasteiger partial charge in [0.05, 0.1) is 32.4 Å². The number of hydrogen-bond donors (Lipinski definition) is 1. The molecule has 1 N–H and O–H groups in total. The second kappa shape index (κ2) is 11.5. The van der Waals surface area contributed by atoms with E-state index in [9.17, 15) is 9.90 Å². The zero-order valence-corrected chi connectivity index (χ0v) is 22.2. The van der Waals surface area contributed by atoms with Crippen LogP contribution in [0.4, 0.5) is 11.4 Å². The molecule has 0 aromatic heterocycles. The zero-order chi connectivity index (χ0) is 27.3. The summed E-state index contributed by atoms with van der Waals surface area (Å²) >= 11 is 0. The van der Waals surface area contributed by atoms with Gasteiger partial charge < -0.3 is 9.84 Å². The molecule has 0 fully saturated rings. The van der Waals surface area contributed by atoms with E-state index in [0.29, 0.717) is 10.2 Å². The van der Waals surface area contributed by atoms with Crippen molar-refractivity contribution in [1.82, 2.24) is 0 Å². The predicted molar refractivity (Wildman–Crippen MR) is 125 cm³/mol. The number of para-hydroxylation sites is 2. The van der Waals surface area contributed by atoms with Gasteiger partial charge in [0.1, 0.15) is 11.5 Å².